The molecule has 6 nitrogen and oxygen atoms in total. The van der Waals surface area contributed by atoms with Gasteiger partial charge < -0.3 is 19.3 Å². The quantitative estimate of drug-likeness (QED) is 0.405. The molecule has 1 aromatic carbocycles. The lowest BCUT2D eigenvalue weighted by Gasteiger charge is -2.08. The van der Waals surface area contributed by atoms with Gasteiger partial charge in [0, 0.05) is 18.6 Å². The smallest absolute Gasteiger partial charge is 0.330 e. The molecule has 1 aromatic rings. The Morgan fingerprint density at radius 3 is 2.32 bits per heavy atom. The Morgan fingerprint density at radius 2 is 1.73 bits per heavy atom. The van der Waals surface area contributed by atoms with Crippen molar-refractivity contribution in [3.63, 3.8) is 0 Å². The summed E-state index contributed by atoms with van der Waals surface area (Å²) in [5.74, 6) is -0.171. The van der Waals surface area contributed by atoms with Crippen LogP contribution >= 0.6 is 0 Å². The summed E-state index contributed by atoms with van der Waals surface area (Å²) in [7, 11) is 0. The van der Waals surface area contributed by atoms with Gasteiger partial charge in [0.2, 0.25) is 0 Å². The largest absolute Gasteiger partial charge is 0.493 e. The molecule has 0 aliphatic rings. The standard InChI is InChI=1S/C16H18O6/c1-2-16(19)22-12-4-11-21-14-8-6-13(7-9-14)20-10-3-5-15(17)18/h2-3,5-9H,1,4,10-12H2,(H,17,18)/b5-3+. The van der Waals surface area contributed by atoms with Gasteiger partial charge in [0.15, 0.2) is 0 Å². The van der Waals surface area contributed by atoms with Gasteiger partial charge in [-0.05, 0) is 30.3 Å². The molecule has 0 spiro atoms. The Kier molecular flexibility index (Phi) is 7.89. The van der Waals surface area contributed by atoms with Crippen LogP contribution in [0, 0.1) is 0 Å². The number of ether oxygens (including phenoxy) is 3. The second-order valence-corrected chi connectivity index (χ2v) is 4.10. The lowest BCUT2D eigenvalue weighted by Crippen LogP contribution is -2.06. The maximum absolute atomic E-state index is 10.8. The Hall–Kier alpha value is -2.76. The van der Waals surface area contributed by atoms with Crippen molar-refractivity contribution in [3.05, 3.63) is 49.1 Å². The summed E-state index contributed by atoms with van der Waals surface area (Å²) in [6, 6.07) is 6.93. The molecule has 0 bridgehead atoms. The second-order valence-electron chi connectivity index (χ2n) is 4.10. The molecular weight excluding hydrogens is 288 g/mol. The summed E-state index contributed by atoms with van der Waals surface area (Å²) in [6.45, 7) is 4.18. The predicted octanol–water partition coefficient (Wildman–Crippen LogP) is 2.20. The highest BCUT2D eigenvalue weighted by Gasteiger charge is 1.98. The molecule has 0 saturated heterocycles. The molecule has 22 heavy (non-hydrogen) atoms. The third-order valence-corrected chi connectivity index (χ3v) is 2.40. The molecule has 6 heteroatoms. The molecule has 0 aliphatic carbocycles. The van der Waals surface area contributed by atoms with Crippen molar-refractivity contribution >= 4 is 11.9 Å². The fourth-order valence-electron chi connectivity index (χ4n) is 1.41. The summed E-state index contributed by atoms with van der Waals surface area (Å²) in [4.78, 5) is 21.1. The maximum Gasteiger partial charge on any atom is 0.330 e. The highest BCUT2D eigenvalue weighted by atomic mass is 16.5. The summed E-state index contributed by atoms with van der Waals surface area (Å²) >= 11 is 0. The molecule has 0 unspecified atom stereocenters. The van der Waals surface area contributed by atoms with Crippen LogP contribution in [0.25, 0.3) is 0 Å². The highest BCUT2D eigenvalue weighted by Crippen LogP contribution is 2.17. The van der Waals surface area contributed by atoms with Crippen molar-refractivity contribution in [2.75, 3.05) is 19.8 Å². The average Bonchev–Trinajstić information content (AvgIpc) is 2.52. The number of benzene rings is 1. The summed E-state index contributed by atoms with van der Waals surface area (Å²) in [5, 5.41) is 8.42. The number of carbonyl (C=O) groups excluding carboxylic acids is 1. The summed E-state index contributed by atoms with van der Waals surface area (Å²) in [6.07, 6.45) is 4.14. The molecule has 0 saturated carbocycles. The first-order valence-electron chi connectivity index (χ1n) is 6.66. The third kappa shape index (κ3) is 7.74. The summed E-state index contributed by atoms with van der Waals surface area (Å²) < 4.78 is 15.6. The molecule has 0 radical (unpaired) electrons. The van der Waals surface area contributed by atoms with Crippen LogP contribution in [0.2, 0.25) is 0 Å². The van der Waals surface area contributed by atoms with Crippen molar-refractivity contribution in [2.45, 2.75) is 6.42 Å². The van der Waals surface area contributed by atoms with Crippen LogP contribution in [0.5, 0.6) is 11.5 Å². The third-order valence-electron chi connectivity index (χ3n) is 2.40. The van der Waals surface area contributed by atoms with Crippen molar-refractivity contribution in [1.29, 1.82) is 0 Å². The number of carbonyl (C=O) groups is 2. The first-order chi connectivity index (χ1) is 10.6. The van der Waals surface area contributed by atoms with E-state index in [0.29, 0.717) is 24.5 Å². The van der Waals surface area contributed by atoms with Crippen molar-refractivity contribution in [1.82, 2.24) is 0 Å². The van der Waals surface area contributed by atoms with Crippen LogP contribution in [0.4, 0.5) is 0 Å². The minimum atomic E-state index is -1.01. The van der Waals surface area contributed by atoms with E-state index >= 15 is 0 Å². The molecule has 0 atom stereocenters. The van der Waals surface area contributed by atoms with E-state index < -0.39 is 11.9 Å². The number of hydrogen-bond acceptors (Lipinski definition) is 5. The van der Waals surface area contributed by atoms with Crippen LogP contribution in [0.15, 0.2) is 49.1 Å². The van der Waals surface area contributed by atoms with E-state index in [0.717, 1.165) is 12.2 Å². The first-order valence-corrected chi connectivity index (χ1v) is 6.66. The SMILES string of the molecule is C=CC(=O)OCCCOc1ccc(OC/C=C/C(=O)O)cc1. The first kappa shape index (κ1) is 17.3. The highest BCUT2D eigenvalue weighted by molar-refractivity contribution is 5.81. The number of carboxylic acid groups (broad SMARTS) is 1. The van der Waals surface area contributed by atoms with E-state index in [9.17, 15) is 9.59 Å². The average molecular weight is 306 g/mol. The van der Waals surface area contributed by atoms with E-state index in [1.165, 1.54) is 6.08 Å². The van der Waals surface area contributed by atoms with E-state index in [4.69, 9.17) is 19.3 Å². The predicted molar refractivity (Wildman–Crippen MR) is 80.0 cm³/mol. The zero-order valence-corrected chi connectivity index (χ0v) is 12.1. The van der Waals surface area contributed by atoms with E-state index in [-0.39, 0.29) is 13.2 Å². The molecular formula is C16H18O6. The van der Waals surface area contributed by atoms with Gasteiger partial charge in [-0.1, -0.05) is 6.58 Å². The number of hydrogen-bond donors (Lipinski definition) is 1. The van der Waals surface area contributed by atoms with Gasteiger partial charge in [-0.2, -0.15) is 0 Å². The number of aliphatic carboxylic acids is 1. The minimum absolute atomic E-state index is 0.182. The van der Waals surface area contributed by atoms with Gasteiger partial charge in [0.05, 0.1) is 13.2 Å². The van der Waals surface area contributed by atoms with E-state index in [1.807, 2.05) is 0 Å². The molecule has 1 rings (SSSR count). The lowest BCUT2D eigenvalue weighted by atomic mass is 10.3. The Labute approximate surface area is 128 Å². The van der Waals surface area contributed by atoms with Crippen LogP contribution in [-0.2, 0) is 14.3 Å². The van der Waals surface area contributed by atoms with Crippen LogP contribution in [0.3, 0.4) is 0 Å². The number of carboxylic acids is 1. The van der Waals surface area contributed by atoms with E-state index in [1.54, 1.807) is 24.3 Å². The zero-order valence-electron chi connectivity index (χ0n) is 12.1. The lowest BCUT2D eigenvalue weighted by molar-refractivity contribution is -0.138. The molecule has 0 aliphatic heterocycles. The molecule has 1 N–H and O–H groups in total. The Morgan fingerprint density at radius 1 is 1.09 bits per heavy atom. The molecule has 0 aromatic heterocycles. The monoisotopic (exact) mass is 306 g/mol. The summed E-state index contributed by atoms with van der Waals surface area (Å²) in [5.41, 5.74) is 0. The number of rotatable bonds is 10. The zero-order chi connectivity index (χ0) is 16.2. The van der Waals surface area contributed by atoms with Crippen LogP contribution in [-0.4, -0.2) is 36.9 Å². The molecule has 0 fully saturated rings. The fraction of sp³-hybridized carbons (Fsp3) is 0.250. The van der Waals surface area contributed by atoms with Gasteiger partial charge >= 0.3 is 11.9 Å². The van der Waals surface area contributed by atoms with Crippen LogP contribution in [0.1, 0.15) is 6.42 Å². The van der Waals surface area contributed by atoms with Gasteiger partial charge in [-0.3, -0.25) is 0 Å². The van der Waals surface area contributed by atoms with Crippen molar-refractivity contribution < 1.29 is 28.9 Å². The van der Waals surface area contributed by atoms with Crippen molar-refractivity contribution in [2.24, 2.45) is 0 Å². The van der Waals surface area contributed by atoms with E-state index in [2.05, 4.69) is 6.58 Å². The van der Waals surface area contributed by atoms with Gasteiger partial charge in [0.1, 0.15) is 18.1 Å². The fourth-order valence-corrected chi connectivity index (χ4v) is 1.41. The number of esters is 1. The van der Waals surface area contributed by atoms with Gasteiger partial charge in [-0.25, -0.2) is 9.59 Å². The second kappa shape index (κ2) is 10.0. The van der Waals surface area contributed by atoms with Crippen molar-refractivity contribution in [3.8, 4) is 11.5 Å². The van der Waals surface area contributed by atoms with Crippen LogP contribution < -0.4 is 9.47 Å². The maximum atomic E-state index is 10.8. The van der Waals surface area contributed by atoms with Gasteiger partial charge in [0.25, 0.3) is 0 Å². The minimum Gasteiger partial charge on any atom is -0.493 e. The molecule has 0 heterocycles. The topological polar surface area (TPSA) is 82.1 Å². The van der Waals surface area contributed by atoms with Gasteiger partial charge in [-0.15, -0.1) is 0 Å². The molecule has 118 valence electrons. The Balaban J connectivity index is 2.22. The Bertz CT molecular complexity index is 518. The normalized spacial score (nSPS) is 10.2. The molecule has 0 amide bonds.